The molecule has 2 saturated carbocycles. The van der Waals surface area contributed by atoms with Crippen LogP contribution in [0.5, 0.6) is 0 Å². The molecule has 0 aromatic rings. The van der Waals surface area contributed by atoms with E-state index in [-0.39, 0.29) is 6.61 Å². The first-order valence-corrected chi connectivity index (χ1v) is 5.95. The Morgan fingerprint density at radius 3 is 2.00 bits per heavy atom. The molecule has 1 spiro atoms. The van der Waals surface area contributed by atoms with Crippen molar-refractivity contribution in [3.05, 3.63) is 0 Å². The molecule has 2 aliphatic carbocycles. The van der Waals surface area contributed by atoms with Gasteiger partial charge in [-0.25, -0.2) is 0 Å². The summed E-state index contributed by atoms with van der Waals surface area (Å²) in [5, 5.41) is 9.28. The monoisotopic (exact) mass is 226 g/mol. The summed E-state index contributed by atoms with van der Waals surface area (Å²) >= 11 is 0. The number of carbonyl (C=O) groups is 2. The predicted molar refractivity (Wildman–Crippen MR) is 56.8 cm³/mol. The van der Waals surface area contributed by atoms with Gasteiger partial charge in [0.1, 0.15) is 0 Å². The van der Waals surface area contributed by atoms with Gasteiger partial charge in [0.15, 0.2) is 5.41 Å². The van der Waals surface area contributed by atoms with E-state index in [1.54, 1.807) is 6.92 Å². The molecule has 0 amide bonds. The Balaban J connectivity index is 2.11. The molecule has 0 aromatic carbocycles. The highest BCUT2D eigenvalue weighted by atomic mass is 16.5. The summed E-state index contributed by atoms with van der Waals surface area (Å²) < 4.78 is 4.91. The zero-order valence-electron chi connectivity index (χ0n) is 9.62. The molecule has 4 nitrogen and oxygen atoms in total. The van der Waals surface area contributed by atoms with E-state index in [2.05, 4.69) is 0 Å². The quantitative estimate of drug-likeness (QED) is 0.590. The summed E-state index contributed by atoms with van der Waals surface area (Å²) in [7, 11) is 0. The first-order valence-electron chi connectivity index (χ1n) is 5.95. The number of hydrogen-bond acceptors (Lipinski definition) is 3. The molecule has 0 unspecified atom stereocenters. The van der Waals surface area contributed by atoms with E-state index in [1.807, 2.05) is 0 Å². The lowest BCUT2D eigenvalue weighted by Crippen LogP contribution is -2.44. The number of hydrogen-bond donors (Lipinski definition) is 1. The smallest absolute Gasteiger partial charge is 0.323 e. The normalized spacial score (nSPS) is 25.1. The molecule has 0 bridgehead atoms. The van der Waals surface area contributed by atoms with Crippen LogP contribution in [0.4, 0.5) is 0 Å². The molecule has 4 heteroatoms. The minimum Gasteiger partial charge on any atom is -0.480 e. The Bertz CT molecular complexity index is 307. The van der Waals surface area contributed by atoms with Crippen LogP contribution in [0.15, 0.2) is 0 Å². The summed E-state index contributed by atoms with van der Waals surface area (Å²) in [6.07, 6.45) is 5.01. The van der Waals surface area contributed by atoms with Crippen molar-refractivity contribution in [3.8, 4) is 0 Å². The van der Waals surface area contributed by atoms with Gasteiger partial charge in [-0.2, -0.15) is 0 Å². The predicted octanol–water partition coefficient (Wildman–Crippen LogP) is 1.97. The third-order valence-electron chi connectivity index (χ3n) is 4.20. The van der Waals surface area contributed by atoms with E-state index >= 15 is 0 Å². The van der Waals surface area contributed by atoms with Crippen molar-refractivity contribution >= 4 is 11.9 Å². The van der Waals surface area contributed by atoms with E-state index in [9.17, 15) is 14.7 Å². The van der Waals surface area contributed by atoms with Crippen LogP contribution in [-0.2, 0) is 14.3 Å². The van der Waals surface area contributed by atoms with E-state index in [0.717, 1.165) is 12.8 Å². The Kier molecular flexibility index (Phi) is 2.68. The summed E-state index contributed by atoms with van der Waals surface area (Å²) in [6, 6.07) is 0. The van der Waals surface area contributed by atoms with Gasteiger partial charge in [0, 0.05) is 0 Å². The molecular formula is C12H18O4. The standard InChI is InChI=1S/C12H18O4/c1-2-16-10(15)12(9(13)14)7-5-11(3-4-11)6-8-12/h2-8H2,1H3,(H,13,14). The van der Waals surface area contributed by atoms with Gasteiger partial charge in [0.2, 0.25) is 0 Å². The Morgan fingerprint density at radius 1 is 1.12 bits per heavy atom. The highest BCUT2D eigenvalue weighted by Gasteiger charge is 2.56. The average Bonchev–Trinajstić information content (AvgIpc) is 2.99. The van der Waals surface area contributed by atoms with Crippen LogP contribution in [0.25, 0.3) is 0 Å². The molecule has 0 atom stereocenters. The number of rotatable bonds is 3. The van der Waals surface area contributed by atoms with Crippen LogP contribution in [0.2, 0.25) is 0 Å². The molecule has 0 saturated heterocycles. The van der Waals surface area contributed by atoms with Gasteiger partial charge in [0.25, 0.3) is 0 Å². The van der Waals surface area contributed by atoms with Crippen molar-refractivity contribution in [2.75, 3.05) is 6.61 Å². The number of carbonyl (C=O) groups excluding carboxylic acids is 1. The highest BCUT2D eigenvalue weighted by molar-refractivity contribution is 5.99. The zero-order valence-corrected chi connectivity index (χ0v) is 9.62. The second kappa shape index (κ2) is 3.75. The second-order valence-corrected chi connectivity index (χ2v) is 5.11. The Morgan fingerprint density at radius 2 is 1.62 bits per heavy atom. The summed E-state index contributed by atoms with van der Waals surface area (Å²) in [5.74, 6) is -1.56. The van der Waals surface area contributed by atoms with Crippen molar-refractivity contribution in [2.24, 2.45) is 10.8 Å². The zero-order chi connectivity index (χ0) is 11.8. The van der Waals surface area contributed by atoms with Gasteiger partial charge < -0.3 is 9.84 Å². The van der Waals surface area contributed by atoms with Gasteiger partial charge in [-0.05, 0) is 50.9 Å². The number of ether oxygens (including phenoxy) is 1. The summed E-state index contributed by atoms with van der Waals surface area (Å²) in [4.78, 5) is 23.1. The lowest BCUT2D eigenvalue weighted by atomic mass is 9.69. The molecule has 0 aliphatic heterocycles. The molecule has 2 fully saturated rings. The van der Waals surface area contributed by atoms with Crippen LogP contribution in [-0.4, -0.2) is 23.7 Å². The van der Waals surface area contributed by atoms with Crippen LogP contribution in [0, 0.1) is 10.8 Å². The SMILES string of the molecule is CCOC(=O)C1(C(=O)O)CCC2(CC2)CC1. The second-order valence-electron chi connectivity index (χ2n) is 5.11. The molecule has 0 heterocycles. The Hall–Kier alpha value is -1.06. The largest absolute Gasteiger partial charge is 0.480 e. The fraction of sp³-hybridized carbons (Fsp3) is 0.833. The van der Waals surface area contributed by atoms with Crippen LogP contribution < -0.4 is 0 Å². The maximum atomic E-state index is 11.8. The topological polar surface area (TPSA) is 63.6 Å². The van der Waals surface area contributed by atoms with E-state index in [0.29, 0.717) is 18.3 Å². The Labute approximate surface area is 95.0 Å². The van der Waals surface area contributed by atoms with Crippen LogP contribution >= 0.6 is 0 Å². The molecular weight excluding hydrogens is 208 g/mol. The maximum Gasteiger partial charge on any atom is 0.323 e. The highest BCUT2D eigenvalue weighted by Crippen LogP contribution is 2.59. The minimum absolute atomic E-state index is 0.249. The van der Waals surface area contributed by atoms with Crippen LogP contribution in [0.1, 0.15) is 45.4 Å². The van der Waals surface area contributed by atoms with Crippen molar-refractivity contribution in [2.45, 2.75) is 45.4 Å². The number of carboxylic acid groups (broad SMARTS) is 1. The van der Waals surface area contributed by atoms with Crippen molar-refractivity contribution in [1.29, 1.82) is 0 Å². The molecule has 0 radical (unpaired) electrons. The van der Waals surface area contributed by atoms with Crippen LogP contribution in [0.3, 0.4) is 0 Å². The summed E-state index contributed by atoms with van der Waals surface area (Å²) in [6.45, 7) is 1.96. The molecule has 2 aliphatic rings. The van der Waals surface area contributed by atoms with Gasteiger partial charge in [-0.3, -0.25) is 9.59 Å². The fourth-order valence-corrected chi connectivity index (χ4v) is 2.66. The summed E-state index contributed by atoms with van der Waals surface area (Å²) in [5.41, 5.74) is -0.880. The molecule has 16 heavy (non-hydrogen) atoms. The lowest BCUT2D eigenvalue weighted by Gasteiger charge is -2.34. The van der Waals surface area contributed by atoms with Gasteiger partial charge in [-0.1, -0.05) is 0 Å². The third-order valence-corrected chi connectivity index (χ3v) is 4.20. The van der Waals surface area contributed by atoms with Crippen molar-refractivity contribution in [3.63, 3.8) is 0 Å². The number of carboxylic acids is 1. The molecule has 2 rings (SSSR count). The first-order chi connectivity index (χ1) is 7.55. The average molecular weight is 226 g/mol. The van der Waals surface area contributed by atoms with E-state index < -0.39 is 17.4 Å². The number of aliphatic carboxylic acids is 1. The van der Waals surface area contributed by atoms with E-state index in [4.69, 9.17) is 4.74 Å². The molecule has 1 N–H and O–H groups in total. The lowest BCUT2D eigenvalue weighted by molar-refractivity contribution is -0.172. The van der Waals surface area contributed by atoms with Gasteiger partial charge >= 0.3 is 11.9 Å². The first kappa shape index (κ1) is 11.4. The minimum atomic E-state index is -1.26. The molecule has 0 aromatic heterocycles. The van der Waals surface area contributed by atoms with Gasteiger partial charge in [-0.15, -0.1) is 0 Å². The number of esters is 1. The fourth-order valence-electron chi connectivity index (χ4n) is 2.66. The molecule has 90 valence electrons. The van der Waals surface area contributed by atoms with Crippen molar-refractivity contribution in [1.82, 2.24) is 0 Å². The van der Waals surface area contributed by atoms with Crippen molar-refractivity contribution < 1.29 is 19.4 Å². The van der Waals surface area contributed by atoms with Gasteiger partial charge in [0.05, 0.1) is 6.61 Å². The van der Waals surface area contributed by atoms with E-state index in [1.165, 1.54) is 12.8 Å². The maximum absolute atomic E-state index is 11.8. The third kappa shape index (κ3) is 1.70.